The zero-order valence-corrected chi connectivity index (χ0v) is 19.7. The maximum absolute atomic E-state index is 11.1. The summed E-state index contributed by atoms with van der Waals surface area (Å²) in [7, 11) is 0. The second kappa shape index (κ2) is 14.7. The van der Waals surface area contributed by atoms with Crippen LogP contribution in [0.3, 0.4) is 0 Å². The van der Waals surface area contributed by atoms with Gasteiger partial charge in [0.15, 0.2) is 0 Å². The second-order valence-electron chi connectivity index (χ2n) is 8.64. The lowest BCUT2D eigenvalue weighted by atomic mass is 9.94. The Labute approximate surface area is 188 Å². The highest BCUT2D eigenvalue weighted by Crippen LogP contribution is 2.26. The predicted molar refractivity (Wildman–Crippen MR) is 128 cm³/mol. The van der Waals surface area contributed by atoms with E-state index in [0.29, 0.717) is 0 Å². The molecule has 0 N–H and O–H groups in total. The third-order valence-corrected chi connectivity index (χ3v) is 5.77. The van der Waals surface area contributed by atoms with Crippen LogP contribution in [0, 0.1) is 0 Å². The van der Waals surface area contributed by atoms with Crippen molar-refractivity contribution < 1.29 is 9.53 Å². The van der Waals surface area contributed by atoms with Gasteiger partial charge in [0.2, 0.25) is 0 Å². The van der Waals surface area contributed by atoms with Crippen molar-refractivity contribution in [2.45, 2.75) is 104 Å². The van der Waals surface area contributed by atoms with E-state index in [0.717, 1.165) is 31.4 Å². The van der Waals surface area contributed by atoms with Crippen molar-refractivity contribution >= 4 is 5.97 Å². The van der Waals surface area contributed by atoms with Gasteiger partial charge in [-0.3, -0.25) is 4.79 Å². The van der Waals surface area contributed by atoms with Gasteiger partial charge in [0.25, 0.3) is 0 Å². The highest BCUT2D eigenvalue weighted by atomic mass is 16.5. The van der Waals surface area contributed by atoms with E-state index in [1.165, 1.54) is 75.0 Å². The number of benzene rings is 1. The molecule has 4 nitrogen and oxygen atoms in total. The first kappa shape index (κ1) is 25.0. The molecule has 2 rings (SSSR count). The van der Waals surface area contributed by atoms with E-state index < -0.39 is 0 Å². The first-order chi connectivity index (χ1) is 15.1. The topological polar surface area (TPSA) is 52.1 Å². The van der Waals surface area contributed by atoms with Crippen LogP contribution in [-0.2, 0) is 22.4 Å². The summed E-state index contributed by atoms with van der Waals surface area (Å²) < 4.78 is 5.25. The zero-order chi connectivity index (χ0) is 22.3. The third kappa shape index (κ3) is 10.1. The molecule has 0 aliphatic rings. The van der Waals surface area contributed by atoms with Crippen LogP contribution in [0.25, 0.3) is 11.3 Å². The molecule has 2 aromatic rings. The molecule has 1 heterocycles. The molecule has 0 amide bonds. The molecule has 170 valence electrons. The van der Waals surface area contributed by atoms with Gasteiger partial charge >= 0.3 is 5.97 Å². The summed E-state index contributed by atoms with van der Waals surface area (Å²) in [5, 5.41) is 8.44. The van der Waals surface area contributed by atoms with Crippen molar-refractivity contribution in [1.82, 2.24) is 10.2 Å². The minimum Gasteiger partial charge on any atom is -0.463 e. The molecule has 0 saturated heterocycles. The minimum absolute atomic E-state index is 0.0429. The number of hydrogen-bond donors (Lipinski definition) is 0. The average molecular weight is 425 g/mol. The highest BCUT2D eigenvalue weighted by Gasteiger charge is 2.10. The van der Waals surface area contributed by atoms with Crippen molar-refractivity contribution in [3.8, 4) is 11.3 Å². The van der Waals surface area contributed by atoms with Gasteiger partial charge in [-0.2, -0.15) is 10.2 Å². The lowest BCUT2D eigenvalue weighted by Gasteiger charge is -2.14. The van der Waals surface area contributed by atoms with Gasteiger partial charge in [-0.25, -0.2) is 0 Å². The highest BCUT2D eigenvalue weighted by molar-refractivity contribution is 5.66. The van der Waals surface area contributed by atoms with E-state index in [1.807, 2.05) is 19.1 Å². The first-order valence-electron chi connectivity index (χ1n) is 12.2. The van der Waals surface area contributed by atoms with Crippen molar-refractivity contribution in [3.05, 3.63) is 47.7 Å². The molecular formula is C27H40N2O2. The number of aryl methyl sites for hydroxylation is 2. The van der Waals surface area contributed by atoms with Gasteiger partial charge in [0, 0.05) is 18.7 Å². The molecule has 0 saturated carbocycles. The van der Waals surface area contributed by atoms with E-state index in [1.54, 1.807) is 6.20 Å². The van der Waals surface area contributed by atoms with Crippen LogP contribution in [-0.4, -0.2) is 22.3 Å². The minimum atomic E-state index is -0.210. The number of carbonyl (C=O) groups excluding carboxylic acids is 1. The Bertz CT molecular complexity index is 761. The Kier molecular flexibility index (Phi) is 11.9. The van der Waals surface area contributed by atoms with E-state index in [9.17, 15) is 4.79 Å². The molecule has 0 spiro atoms. The van der Waals surface area contributed by atoms with Crippen molar-refractivity contribution in [3.63, 3.8) is 0 Å². The van der Waals surface area contributed by atoms with Crippen molar-refractivity contribution in [2.75, 3.05) is 0 Å². The number of ether oxygens (including phenoxy) is 1. The molecular weight excluding hydrogens is 384 g/mol. The van der Waals surface area contributed by atoms with Crippen LogP contribution in [0.1, 0.15) is 96.1 Å². The van der Waals surface area contributed by atoms with Crippen LogP contribution in [0.4, 0.5) is 0 Å². The number of carbonyl (C=O) groups is 1. The Hall–Kier alpha value is -2.23. The van der Waals surface area contributed by atoms with Gasteiger partial charge in [0.05, 0.1) is 11.8 Å². The number of aromatic nitrogens is 2. The SMILES string of the molecule is CCCCCCCCCCc1ccc(CCCC(C)OC(C)=O)c(-c2cccnn2)c1. The van der Waals surface area contributed by atoms with Crippen molar-refractivity contribution in [2.24, 2.45) is 0 Å². The van der Waals surface area contributed by atoms with E-state index in [2.05, 4.69) is 35.3 Å². The van der Waals surface area contributed by atoms with Crippen LogP contribution in [0.15, 0.2) is 36.5 Å². The Morgan fingerprint density at radius 1 is 0.968 bits per heavy atom. The molecule has 4 heteroatoms. The molecule has 0 aliphatic heterocycles. The first-order valence-corrected chi connectivity index (χ1v) is 12.2. The number of unbranched alkanes of at least 4 members (excludes halogenated alkanes) is 7. The normalized spacial score (nSPS) is 12.0. The molecule has 1 aromatic heterocycles. The molecule has 31 heavy (non-hydrogen) atoms. The predicted octanol–water partition coefficient (Wildman–Crippen LogP) is 7.10. The van der Waals surface area contributed by atoms with Crippen LogP contribution < -0.4 is 0 Å². The molecule has 0 bridgehead atoms. The number of nitrogens with zero attached hydrogens (tertiary/aromatic N) is 2. The smallest absolute Gasteiger partial charge is 0.302 e. The van der Waals surface area contributed by atoms with Gasteiger partial charge < -0.3 is 4.74 Å². The molecule has 0 fully saturated rings. The van der Waals surface area contributed by atoms with Crippen LogP contribution in [0.5, 0.6) is 0 Å². The average Bonchev–Trinajstić information content (AvgIpc) is 2.76. The lowest BCUT2D eigenvalue weighted by molar-refractivity contribution is -0.145. The van der Waals surface area contributed by atoms with E-state index >= 15 is 0 Å². The molecule has 1 aromatic carbocycles. The summed E-state index contributed by atoms with van der Waals surface area (Å²) in [6.07, 6.45) is 16.3. The lowest BCUT2D eigenvalue weighted by Crippen LogP contribution is -2.12. The summed E-state index contributed by atoms with van der Waals surface area (Å²) >= 11 is 0. The standard InChI is InChI=1S/C27H40N2O2/c1-4-5-6-7-8-9-10-11-15-24-18-19-25(16-12-14-22(2)31-23(3)30)26(21-24)27-17-13-20-28-29-27/h13,17-22H,4-12,14-16H2,1-3H3. The Balaban J connectivity index is 1.91. The summed E-state index contributed by atoms with van der Waals surface area (Å²) in [5.74, 6) is -0.210. The largest absolute Gasteiger partial charge is 0.463 e. The quantitative estimate of drug-likeness (QED) is 0.226. The Morgan fingerprint density at radius 3 is 2.39 bits per heavy atom. The molecule has 0 aliphatic carbocycles. The van der Waals surface area contributed by atoms with Gasteiger partial charge in [-0.15, -0.1) is 0 Å². The Morgan fingerprint density at radius 2 is 1.71 bits per heavy atom. The summed E-state index contributed by atoms with van der Waals surface area (Å²) in [6.45, 7) is 5.69. The van der Waals surface area contributed by atoms with E-state index in [4.69, 9.17) is 4.74 Å². The summed E-state index contributed by atoms with van der Waals surface area (Å²) in [6, 6.07) is 10.8. The van der Waals surface area contributed by atoms with Gasteiger partial charge in [0.1, 0.15) is 0 Å². The fraction of sp³-hybridized carbons (Fsp3) is 0.593. The maximum atomic E-state index is 11.1. The number of esters is 1. The second-order valence-corrected chi connectivity index (χ2v) is 8.64. The van der Waals surface area contributed by atoms with Gasteiger partial charge in [-0.1, -0.05) is 64.0 Å². The number of rotatable bonds is 15. The fourth-order valence-corrected chi connectivity index (χ4v) is 4.07. The van der Waals surface area contributed by atoms with Crippen LogP contribution >= 0.6 is 0 Å². The van der Waals surface area contributed by atoms with E-state index in [-0.39, 0.29) is 12.1 Å². The third-order valence-electron chi connectivity index (χ3n) is 5.77. The zero-order valence-electron chi connectivity index (χ0n) is 19.7. The monoisotopic (exact) mass is 424 g/mol. The van der Waals surface area contributed by atoms with Crippen molar-refractivity contribution in [1.29, 1.82) is 0 Å². The molecule has 1 unspecified atom stereocenters. The molecule has 0 radical (unpaired) electrons. The van der Waals surface area contributed by atoms with Gasteiger partial charge in [-0.05, 0) is 68.4 Å². The number of hydrogen-bond acceptors (Lipinski definition) is 4. The van der Waals surface area contributed by atoms with Crippen LogP contribution in [0.2, 0.25) is 0 Å². The molecule has 1 atom stereocenters. The summed E-state index contributed by atoms with van der Waals surface area (Å²) in [4.78, 5) is 11.1. The maximum Gasteiger partial charge on any atom is 0.302 e. The fourth-order valence-electron chi connectivity index (χ4n) is 4.07. The summed E-state index contributed by atoms with van der Waals surface area (Å²) in [5.41, 5.74) is 4.78.